The van der Waals surface area contributed by atoms with Gasteiger partial charge in [-0.3, -0.25) is 9.78 Å². The first-order valence-corrected chi connectivity index (χ1v) is 7.78. The number of phenolic OH excluding ortho intramolecular Hbond substituents is 1. The topological polar surface area (TPSA) is 74.6 Å². The van der Waals surface area contributed by atoms with E-state index >= 15 is 0 Å². The smallest absolute Gasteiger partial charge is 0.272 e. The molecule has 0 aliphatic heterocycles. The number of phenols is 1. The molecule has 0 fully saturated rings. The molecule has 0 aliphatic carbocycles. The molecule has 2 rings (SSSR count). The zero-order valence-corrected chi connectivity index (χ0v) is 14.7. The minimum Gasteiger partial charge on any atom is -0.506 e. The summed E-state index contributed by atoms with van der Waals surface area (Å²) in [4.78, 5) is 15.9. The molecule has 1 heterocycles. The molecule has 1 amide bonds. The quantitative estimate of drug-likeness (QED) is 0.420. The third-order valence-electron chi connectivity index (χ3n) is 2.60. The number of hydrogen-bond acceptors (Lipinski definition) is 4. The van der Waals surface area contributed by atoms with Gasteiger partial charge in [0.25, 0.3) is 5.91 Å². The van der Waals surface area contributed by atoms with E-state index in [0.29, 0.717) is 14.7 Å². The first-order chi connectivity index (χ1) is 9.97. The fourth-order valence-electron chi connectivity index (χ4n) is 1.51. The molecule has 0 saturated carbocycles. The van der Waals surface area contributed by atoms with Crippen LogP contribution in [0.25, 0.3) is 0 Å². The van der Waals surface area contributed by atoms with E-state index < -0.39 is 0 Å². The SMILES string of the molecule is Cc1ccc(C(=O)N/N=C/c2cc(Br)cc(I)c2O)cn1. The maximum atomic E-state index is 11.8. The van der Waals surface area contributed by atoms with Gasteiger partial charge >= 0.3 is 0 Å². The molecule has 21 heavy (non-hydrogen) atoms. The molecule has 0 radical (unpaired) electrons. The van der Waals surface area contributed by atoms with E-state index in [-0.39, 0.29) is 11.7 Å². The van der Waals surface area contributed by atoms with E-state index in [4.69, 9.17) is 0 Å². The fraction of sp³-hybridized carbons (Fsp3) is 0.0714. The molecule has 5 nitrogen and oxygen atoms in total. The third kappa shape index (κ3) is 4.24. The predicted molar refractivity (Wildman–Crippen MR) is 92.6 cm³/mol. The first-order valence-electron chi connectivity index (χ1n) is 5.91. The van der Waals surface area contributed by atoms with Crippen LogP contribution in [-0.4, -0.2) is 22.2 Å². The number of pyridine rings is 1. The van der Waals surface area contributed by atoms with Gasteiger partial charge in [-0.1, -0.05) is 15.9 Å². The summed E-state index contributed by atoms with van der Waals surface area (Å²) in [5.74, 6) is -0.239. The third-order valence-corrected chi connectivity index (χ3v) is 3.88. The monoisotopic (exact) mass is 459 g/mol. The lowest BCUT2D eigenvalue weighted by Gasteiger charge is -2.03. The predicted octanol–water partition coefficient (Wildman–Crippen LogP) is 3.23. The number of aromatic hydroxyl groups is 1. The number of benzene rings is 1. The van der Waals surface area contributed by atoms with E-state index in [9.17, 15) is 9.90 Å². The van der Waals surface area contributed by atoms with Gasteiger partial charge in [-0.05, 0) is 53.8 Å². The van der Waals surface area contributed by atoms with Crippen LogP contribution in [0, 0.1) is 10.5 Å². The number of halogens is 2. The number of hydrogen-bond donors (Lipinski definition) is 2. The largest absolute Gasteiger partial charge is 0.506 e. The van der Waals surface area contributed by atoms with Crippen LogP contribution in [0.1, 0.15) is 21.6 Å². The minimum atomic E-state index is -0.358. The van der Waals surface area contributed by atoms with Crippen molar-refractivity contribution >= 4 is 50.6 Å². The highest BCUT2D eigenvalue weighted by Crippen LogP contribution is 2.27. The lowest BCUT2D eigenvalue weighted by atomic mass is 10.2. The van der Waals surface area contributed by atoms with Crippen LogP contribution in [0.2, 0.25) is 0 Å². The van der Waals surface area contributed by atoms with E-state index in [1.165, 1.54) is 12.4 Å². The summed E-state index contributed by atoms with van der Waals surface area (Å²) in [6.45, 7) is 1.84. The summed E-state index contributed by atoms with van der Waals surface area (Å²) in [6, 6.07) is 6.91. The van der Waals surface area contributed by atoms with Crippen molar-refractivity contribution in [2.24, 2.45) is 5.10 Å². The van der Waals surface area contributed by atoms with Crippen molar-refractivity contribution in [2.75, 3.05) is 0 Å². The molecule has 1 aromatic heterocycles. The minimum absolute atomic E-state index is 0.119. The summed E-state index contributed by atoms with van der Waals surface area (Å²) in [5, 5.41) is 13.7. The van der Waals surface area contributed by atoms with E-state index in [1.54, 1.807) is 24.3 Å². The average Bonchev–Trinajstić information content (AvgIpc) is 2.44. The van der Waals surface area contributed by atoms with E-state index in [2.05, 4.69) is 31.4 Å². The summed E-state index contributed by atoms with van der Waals surface area (Å²) in [6.07, 6.45) is 2.88. The van der Waals surface area contributed by atoms with Gasteiger partial charge in [0.15, 0.2) is 0 Å². The average molecular weight is 460 g/mol. The Morgan fingerprint density at radius 2 is 2.24 bits per heavy atom. The van der Waals surface area contributed by atoms with E-state index in [0.717, 1.165) is 10.2 Å². The summed E-state index contributed by atoms with van der Waals surface area (Å²) in [7, 11) is 0. The van der Waals surface area contributed by atoms with Crippen molar-refractivity contribution in [3.05, 3.63) is 55.3 Å². The second-order valence-corrected chi connectivity index (χ2v) is 6.29. The molecule has 0 bridgehead atoms. The summed E-state index contributed by atoms with van der Waals surface area (Å²) < 4.78 is 1.51. The molecular weight excluding hydrogens is 449 g/mol. The Kier molecular flexibility index (Phi) is 5.29. The van der Waals surface area contributed by atoms with Crippen LogP contribution in [0.15, 0.2) is 40.0 Å². The second-order valence-electron chi connectivity index (χ2n) is 4.21. The van der Waals surface area contributed by atoms with Gasteiger partial charge in [0.05, 0.1) is 15.3 Å². The van der Waals surface area contributed by atoms with Crippen molar-refractivity contribution in [1.29, 1.82) is 0 Å². The fourth-order valence-corrected chi connectivity index (χ4v) is 3.06. The number of carbonyl (C=O) groups excluding carboxylic acids is 1. The lowest BCUT2D eigenvalue weighted by molar-refractivity contribution is 0.0954. The van der Waals surface area contributed by atoms with Crippen molar-refractivity contribution in [3.63, 3.8) is 0 Å². The zero-order chi connectivity index (χ0) is 15.4. The number of rotatable bonds is 3. The normalized spacial score (nSPS) is 10.8. The molecular formula is C14H11BrIN3O2. The van der Waals surface area contributed by atoms with Crippen molar-refractivity contribution in [2.45, 2.75) is 6.92 Å². The molecule has 0 unspecified atom stereocenters. The van der Waals surface area contributed by atoms with Crippen LogP contribution in [0.3, 0.4) is 0 Å². The Balaban J connectivity index is 2.09. The van der Waals surface area contributed by atoms with Crippen molar-refractivity contribution < 1.29 is 9.90 Å². The maximum absolute atomic E-state index is 11.8. The number of aromatic nitrogens is 1. The Hall–Kier alpha value is -1.48. The summed E-state index contributed by atoms with van der Waals surface area (Å²) in [5.41, 5.74) is 4.16. The number of hydrazone groups is 1. The number of nitrogens with one attached hydrogen (secondary N) is 1. The van der Waals surface area contributed by atoms with Crippen LogP contribution >= 0.6 is 38.5 Å². The Morgan fingerprint density at radius 3 is 2.90 bits per heavy atom. The highest BCUT2D eigenvalue weighted by molar-refractivity contribution is 14.1. The van der Waals surface area contributed by atoms with Crippen molar-refractivity contribution in [3.8, 4) is 5.75 Å². The lowest BCUT2D eigenvalue weighted by Crippen LogP contribution is -2.17. The molecule has 7 heteroatoms. The molecule has 0 saturated heterocycles. The van der Waals surface area contributed by atoms with Crippen LogP contribution < -0.4 is 5.43 Å². The Morgan fingerprint density at radius 1 is 1.48 bits per heavy atom. The highest BCUT2D eigenvalue weighted by atomic mass is 127. The van der Waals surface area contributed by atoms with Crippen molar-refractivity contribution in [1.82, 2.24) is 10.4 Å². The van der Waals surface area contributed by atoms with Crippen LogP contribution in [0.5, 0.6) is 5.75 Å². The maximum Gasteiger partial charge on any atom is 0.272 e. The second kappa shape index (κ2) is 6.99. The molecule has 1 aromatic carbocycles. The van der Waals surface area contributed by atoms with Gasteiger partial charge < -0.3 is 5.11 Å². The number of aryl methyl sites for hydroxylation is 1. The van der Waals surface area contributed by atoms with Gasteiger partial charge in [0, 0.05) is 21.9 Å². The Bertz CT molecular complexity index is 702. The van der Waals surface area contributed by atoms with E-state index in [1.807, 2.05) is 29.5 Å². The zero-order valence-electron chi connectivity index (χ0n) is 11.0. The summed E-state index contributed by atoms with van der Waals surface area (Å²) >= 11 is 5.35. The van der Waals surface area contributed by atoms with Gasteiger partial charge in [-0.15, -0.1) is 0 Å². The molecule has 0 atom stereocenters. The van der Waals surface area contributed by atoms with Gasteiger partial charge in [0.2, 0.25) is 0 Å². The molecule has 0 spiro atoms. The number of carbonyl (C=O) groups is 1. The highest BCUT2D eigenvalue weighted by Gasteiger charge is 2.06. The molecule has 2 N–H and O–H groups in total. The molecule has 108 valence electrons. The molecule has 2 aromatic rings. The van der Waals surface area contributed by atoms with Crippen LogP contribution in [-0.2, 0) is 0 Å². The molecule has 0 aliphatic rings. The standard InChI is InChI=1S/C14H11BrIN3O2/c1-8-2-3-9(6-17-8)14(21)19-18-7-10-4-11(15)5-12(16)13(10)20/h2-7,20H,1H3,(H,19,21)/b18-7+. The van der Waals surface area contributed by atoms with Gasteiger partial charge in [-0.25, -0.2) is 5.43 Å². The number of amides is 1. The van der Waals surface area contributed by atoms with Gasteiger partial charge in [-0.2, -0.15) is 5.10 Å². The Labute approximate surface area is 143 Å². The van der Waals surface area contributed by atoms with Gasteiger partial charge in [0.1, 0.15) is 5.75 Å². The first kappa shape index (κ1) is 15.9. The van der Waals surface area contributed by atoms with Crippen LogP contribution in [0.4, 0.5) is 0 Å². The number of nitrogens with zero attached hydrogens (tertiary/aromatic N) is 2.